The van der Waals surface area contributed by atoms with Crippen LogP contribution in [0.15, 0.2) is 21.5 Å². The summed E-state index contributed by atoms with van der Waals surface area (Å²) in [6.45, 7) is 4.26. The van der Waals surface area contributed by atoms with Crippen LogP contribution in [0.4, 0.5) is 0 Å². The molecule has 1 aromatic carbocycles. The first-order valence-corrected chi connectivity index (χ1v) is 9.16. The molecule has 1 unspecified atom stereocenters. The Hall–Kier alpha value is -0.830. The highest BCUT2D eigenvalue weighted by atomic mass is 79.9. The average molecular weight is 395 g/mol. The first-order chi connectivity index (χ1) is 10.2. The second-order valence-electron chi connectivity index (χ2n) is 5.32. The Labute approximate surface area is 140 Å². The van der Waals surface area contributed by atoms with Gasteiger partial charge in [0, 0.05) is 18.7 Å². The molecule has 0 saturated carbocycles. The monoisotopic (exact) mass is 394 g/mol. The molecule has 0 fully saturated rings. The predicted octanol–water partition coefficient (Wildman–Crippen LogP) is 2.12. The summed E-state index contributed by atoms with van der Waals surface area (Å²) in [5.74, 6) is 0.979. The van der Waals surface area contributed by atoms with Crippen molar-refractivity contribution in [2.45, 2.75) is 31.2 Å². The zero-order valence-corrected chi connectivity index (χ0v) is 15.6. The number of hydrogen-bond acceptors (Lipinski definition) is 5. The third-order valence-corrected chi connectivity index (χ3v) is 5.25. The van der Waals surface area contributed by atoms with Gasteiger partial charge in [0.1, 0.15) is 16.4 Å². The van der Waals surface area contributed by atoms with E-state index in [-0.39, 0.29) is 23.2 Å². The van der Waals surface area contributed by atoms with Crippen LogP contribution in [0, 0.1) is 5.92 Å². The summed E-state index contributed by atoms with van der Waals surface area (Å²) in [4.78, 5) is 0.0252. The second-order valence-corrected chi connectivity index (χ2v) is 7.86. The minimum atomic E-state index is -3.77. The molecule has 1 atom stereocenters. The van der Waals surface area contributed by atoms with Crippen molar-refractivity contribution in [3.8, 4) is 11.5 Å². The molecule has 0 bridgehead atoms. The van der Waals surface area contributed by atoms with Gasteiger partial charge in [-0.05, 0) is 34.3 Å². The SMILES string of the molecule is COc1cc(S(=O)(=O)NC(CN)CC(C)C)c(OC)cc1Br. The lowest BCUT2D eigenvalue weighted by molar-refractivity contribution is 0.389. The molecule has 6 nitrogen and oxygen atoms in total. The van der Waals surface area contributed by atoms with Crippen molar-refractivity contribution in [1.29, 1.82) is 0 Å². The fourth-order valence-electron chi connectivity index (χ4n) is 2.09. The zero-order valence-electron chi connectivity index (χ0n) is 13.2. The molecule has 1 rings (SSSR count). The molecule has 0 saturated heterocycles. The normalized spacial score (nSPS) is 13.2. The summed E-state index contributed by atoms with van der Waals surface area (Å²) in [5.41, 5.74) is 5.67. The van der Waals surface area contributed by atoms with Crippen molar-refractivity contribution in [3.05, 3.63) is 16.6 Å². The zero-order chi connectivity index (χ0) is 16.9. The van der Waals surface area contributed by atoms with E-state index in [1.54, 1.807) is 6.07 Å². The molecule has 0 aliphatic heterocycles. The Morgan fingerprint density at radius 3 is 2.27 bits per heavy atom. The maximum absolute atomic E-state index is 12.6. The van der Waals surface area contributed by atoms with Crippen LogP contribution in [0.3, 0.4) is 0 Å². The molecule has 8 heteroatoms. The fraction of sp³-hybridized carbons (Fsp3) is 0.571. The van der Waals surface area contributed by atoms with E-state index in [9.17, 15) is 8.42 Å². The minimum Gasteiger partial charge on any atom is -0.496 e. The molecule has 126 valence electrons. The maximum Gasteiger partial charge on any atom is 0.244 e. The lowest BCUT2D eigenvalue weighted by Crippen LogP contribution is -2.41. The summed E-state index contributed by atoms with van der Waals surface area (Å²) < 4.78 is 38.8. The maximum atomic E-state index is 12.6. The highest BCUT2D eigenvalue weighted by molar-refractivity contribution is 9.10. The number of methoxy groups -OCH3 is 2. The Bertz CT molecular complexity index is 605. The van der Waals surface area contributed by atoms with Crippen LogP contribution in [0.5, 0.6) is 11.5 Å². The van der Waals surface area contributed by atoms with Crippen LogP contribution in [-0.4, -0.2) is 35.2 Å². The fourth-order valence-corrected chi connectivity index (χ4v) is 4.00. The standard InChI is InChI=1S/C14H23BrN2O4S/c1-9(2)5-10(8-16)17-22(18,19)14-7-12(20-3)11(15)6-13(14)21-4/h6-7,9-10,17H,5,8,16H2,1-4H3. The van der Waals surface area contributed by atoms with Gasteiger partial charge >= 0.3 is 0 Å². The molecule has 1 aromatic rings. The number of rotatable bonds is 8. The van der Waals surface area contributed by atoms with Crippen LogP contribution in [0.1, 0.15) is 20.3 Å². The van der Waals surface area contributed by atoms with Crippen LogP contribution in [0.2, 0.25) is 0 Å². The molecule has 0 aliphatic rings. The number of nitrogens with two attached hydrogens (primary N) is 1. The number of hydrogen-bond donors (Lipinski definition) is 2. The first kappa shape index (κ1) is 19.2. The van der Waals surface area contributed by atoms with Gasteiger partial charge in [0.25, 0.3) is 0 Å². The summed E-state index contributed by atoms with van der Waals surface area (Å²) in [6, 6.07) is 2.66. The van der Waals surface area contributed by atoms with Gasteiger partial charge < -0.3 is 15.2 Å². The van der Waals surface area contributed by atoms with E-state index in [4.69, 9.17) is 15.2 Å². The highest BCUT2D eigenvalue weighted by Gasteiger charge is 2.25. The van der Waals surface area contributed by atoms with Crippen molar-refractivity contribution < 1.29 is 17.9 Å². The minimum absolute atomic E-state index is 0.0252. The first-order valence-electron chi connectivity index (χ1n) is 6.89. The number of sulfonamides is 1. The summed E-state index contributed by atoms with van der Waals surface area (Å²) in [5, 5.41) is 0. The Kier molecular flexibility index (Phi) is 7.11. The van der Waals surface area contributed by atoms with E-state index < -0.39 is 10.0 Å². The second kappa shape index (κ2) is 8.14. The van der Waals surface area contributed by atoms with Crippen LogP contribution in [-0.2, 0) is 10.0 Å². The Balaban J connectivity index is 3.21. The largest absolute Gasteiger partial charge is 0.496 e. The van der Waals surface area contributed by atoms with Crippen molar-refractivity contribution >= 4 is 26.0 Å². The number of halogens is 1. The van der Waals surface area contributed by atoms with Gasteiger partial charge in [-0.15, -0.1) is 0 Å². The number of benzene rings is 1. The molecule has 22 heavy (non-hydrogen) atoms. The smallest absolute Gasteiger partial charge is 0.244 e. The topological polar surface area (TPSA) is 90.7 Å². The third-order valence-electron chi connectivity index (χ3n) is 3.09. The van der Waals surface area contributed by atoms with Crippen molar-refractivity contribution in [1.82, 2.24) is 4.72 Å². The van der Waals surface area contributed by atoms with Crippen LogP contribution >= 0.6 is 15.9 Å². The number of ether oxygens (including phenoxy) is 2. The lowest BCUT2D eigenvalue weighted by Gasteiger charge is -2.20. The Morgan fingerprint density at radius 1 is 1.23 bits per heavy atom. The van der Waals surface area contributed by atoms with Crippen molar-refractivity contribution in [2.24, 2.45) is 11.7 Å². The molecule has 0 radical (unpaired) electrons. The van der Waals surface area contributed by atoms with Crippen LogP contribution in [0.25, 0.3) is 0 Å². The number of nitrogens with one attached hydrogen (secondary N) is 1. The van der Waals surface area contributed by atoms with Gasteiger partial charge in [0.05, 0.1) is 18.7 Å². The summed E-state index contributed by atoms with van der Waals surface area (Å²) in [7, 11) is -0.877. The molecule has 0 aliphatic carbocycles. The molecular weight excluding hydrogens is 372 g/mol. The quantitative estimate of drug-likeness (QED) is 0.704. The van der Waals surface area contributed by atoms with Crippen LogP contribution < -0.4 is 19.9 Å². The highest BCUT2D eigenvalue weighted by Crippen LogP contribution is 2.35. The van der Waals surface area contributed by atoms with Gasteiger partial charge in [-0.2, -0.15) is 0 Å². The van der Waals surface area contributed by atoms with Crippen molar-refractivity contribution in [3.63, 3.8) is 0 Å². The van der Waals surface area contributed by atoms with E-state index >= 15 is 0 Å². The summed E-state index contributed by atoms with van der Waals surface area (Å²) >= 11 is 3.31. The van der Waals surface area contributed by atoms with Gasteiger partial charge in [-0.1, -0.05) is 13.8 Å². The third kappa shape index (κ3) is 4.84. The predicted molar refractivity (Wildman–Crippen MR) is 89.9 cm³/mol. The van der Waals surface area contributed by atoms with E-state index in [1.165, 1.54) is 20.3 Å². The molecule has 0 amide bonds. The molecule has 0 heterocycles. The molecular formula is C14H23BrN2O4S. The lowest BCUT2D eigenvalue weighted by atomic mass is 10.1. The van der Waals surface area contributed by atoms with Gasteiger partial charge in [0.2, 0.25) is 10.0 Å². The summed E-state index contributed by atoms with van der Waals surface area (Å²) in [6.07, 6.45) is 0.658. The van der Waals surface area contributed by atoms with E-state index in [0.29, 0.717) is 22.6 Å². The average Bonchev–Trinajstić information content (AvgIpc) is 2.45. The van der Waals surface area contributed by atoms with E-state index in [2.05, 4.69) is 20.7 Å². The Morgan fingerprint density at radius 2 is 1.82 bits per heavy atom. The van der Waals surface area contributed by atoms with Gasteiger partial charge in [-0.3, -0.25) is 0 Å². The van der Waals surface area contributed by atoms with E-state index in [1.807, 2.05) is 13.8 Å². The van der Waals surface area contributed by atoms with Gasteiger partial charge in [-0.25, -0.2) is 13.1 Å². The van der Waals surface area contributed by atoms with Gasteiger partial charge in [0.15, 0.2) is 0 Å². The van der Waals surface area contributed by atoms with E-state index in [0.717, 1.165) is 0 Å². The molecule has 3 N–H and O–H groups in total. The van der Waals surface area contributed by atoms with Crippen molar-refractivity contribution in [2.75, 3.05) is 20.8 Å². The molecule has 0 aromatic heterocycles. The molecule has 0 spiro atoms.